The van der Waals surface area contributed by atoms with E-state index < -0.39 is 27.8 Å². The first-order valence-electron chi connectivity index (χ1n) is 6.38. The van der Waals surface area contributed by atoms with E-state index in [1.807, 2.05) is 0 Å². The molecule has 0 aliphatic rings. The molecule has 24 heavy (non-hydrogen) atoms. The summed E-state index contributed by atoms with van der Waals surface area (Å²) in [5, 5.41) is 21.6. The minimum Gasteiger partial charge on any atom is -0.435 e. The molecule has 2 aromatic rings. The highest BCUT2D eigenvalue weighted by Gasteiger charge is 2.18. The number of rotatable bonds is 6. The Morgan fingerprint density at radius 1 is 1.04 bits per heavy atom. The van der Waals surface area contributed by atoms with Gasteiger partial charge in [0.1, 0.15) is 11.4 Å². The zero-order valence-electron chi connectivity index (χ0n) is 11.8. The third-order valence-corrected chi connectivity index (χ3v) is 2.82. The van der Waals surface area contributed by atoms with E-state index in [0.29, 0.717) is 5.56 Å². The molecule has 0 radical (unpaired) electrons. The van der Waals surface area contributed by atoms with Gasteiger partial charge in [-0.25, -0.2) is 4.99 Å². The Bertz CT molecular complexity index is 793. The Balaban J connectivity index is 2.25. The van der Waals surface area contributed by atoms with Crippen molar-refractivity contribution in [3.8, 4) is 5.75 Å². The molecular weight excluding hydrogens is 328 g/mol. The van der Waals surface area contributed by atoms with Crippen LogP contribution in [0.1, 0.15) is 5.56 Å². The van der Waals surface area contributed by atoms with Crippen LogP contribution < -0.4 is 4.74 Å². The largest absolute Gasteiger partial charge is 0.435 e. The molecule has 0 N–H and O–H groups in total. The van der Waals surface area contributed by atoms with Gasteiger partial charge in [0.2, 0.25) is 0 Å². The number of nitro groups is 2. The van der Waals surface area contributed by atoms with E-state index in [4.69, 9.17) is 0 Å². The Kier molecular flexibility index (Phi) is 5.09. The predicted molar refractivity (Wildman–Crippen MR) is 80.1 cm³/mol. The average molecular weight is 337 g/mol. The Hall–Kier alpha value is -3.43. The van der Waals surface area contributed by atoms with Crippen LogP contribution in [0.25, 0.3) is 0 Å². The number of benzene rings is 2. The topological polar surface area (TPSA) is 108 Å². The second-order valence-corrected chi connectivity index (χ2v) is 4.39. The van der Waals surface area contributed by atoms with Gasteiger partial charge in [-0.1, -0.05) is 0 Å². The van der Waals surface area contributed by atoms with Crippen molar-refractivity contribution < 1.29 is 23.4 Å². The van der Waals surface area contributed by atoms with Gasteiger partial charge in [-0.05, 0) is 35.9 Å². The first-order valence-corrected chi connectivity index (χ1v) is 6.38. The first-order chi connectivity index (χ1) is 11.4. The third kappa shape index (κ3) is 4.29. The molecule has 2 aromatic carbocycles. The summed E-state index contributed by atoms with van der Waals surface area (Å²) < 4.78 is 28.3. The Morgan fingerprint density at radius 2 is 1.71 bits per heavy atom. The smallest absolute Gasteiger partial charge is 0.387 e. The molecule has 10 heteroatoms. The maximum atomic E-state index is 12.0. The number of ether oxygens (including phenoxy) is 1. The van der Waals surface area contributed by atoms with Crippen molar-refractivity contribution in [1.29, 1.82) is 0 Å². The number of nitro benzene ring substituents is 2. The quantitative estimate of drug-likeness (QED) is 0.452. The average Bonchev–Trinajstić information content (AvgIpc) is 2.53. The van der Waals surface area contributed by atoms with Crippen LogP contribution >= 0.6 is 0 Å². The summed E-state index contributed by atoms with van der Waals surface area (Å²) in [6, 6.07) is 8.50. The molecule has 0 saturated heterocycles. The standard InChI is InChI=1S/C14H9F2N3O5/c15-14(16)24-11-4-1-9(2-5-11)8-17-12-6-3-10(18(20)21)7-13(12)19(22)23/h1-8,14H. The third-order valence-electron chi connectivity index (χ3n) is 2.82. The van der Waals surface area contributed by atoms with Crippen molar-refractivity contribution in [1.82, 2.24) is 0 Å². The maximum absolute atomic E-state index is 12.0. The van der Waals surface area contributed by atoms with Gasteiger partial charge in [0.25, 0.3) is 5.69 Å². The van der Waals surface area contributed by atoms with Crippen molar-refractivity contribution in [2.24, 2.45) is 4.99 Å². The van der Waals surface area contributed by atoms with Gasteiger partial charge in [-0.2, -0.15) is 8.78 Å². The Morgan fingerprint density at radius 3 is 2.25 bits per heavy atom. The van der Waals surface area contributed by atoms with E-state index in [1.54, 1.807) is 0 Å². The summed E-state index contributed by atoms with van der Waals surface area (Å²) in [5.41, 5.74) is -0.532. The van der Waals surface area contributed by atoms with E-state index in [9.17, 15) is 29.0 Å². The van der Waals surface area contributed by atoms with Gasteiger partial charge in [0.15, 0.2) is 0 Å². The lowest BCUT2D eigenvalue weighted by atomic mass is 10.2. The van der Waals surface area contributed by atoms with E-state index in [2.05, 4.69) is 9.73 Å². The zero-order valence-corrected chi connectivity index (χ0v) is 11.8. The SMILES string of the molecule is O=[N+]([O-])c1ccc(N=Cc2ccc(OC(F)F)cc2)c([N+](=O)[O-])c1. The number of aliphatic imine (C=N–C) groups is 1. The fraction of sp³-hybridized carbons (Fsp3) is 0.0714. The number of nitrogens with zero attached hydrogens (tertiary/aromatic N) is 3. The molecule has 0 atom stereocenters. The van der Waals surface area contributed by atoms with Gasteiger partial charge < -0.3 is 4.74 Å². The molecule has 0 unspecified atom stereocenters. The summed E-state index contributed by atoms with van der Waals surface area (Å²) in [6.45, 7) is -2.94. The van der Waals surface area contributed by atoms with Gasteiger partial charge in [0.05, 0.1) is 15.9 Å². The minimum absolute atomic E-state index is 0.0385. The lowest BCUT2D eigenvalue weighted by Gasteiger charge is -2.03. The fourth-order valence-corrected chi connectivity index (χ4v) is 1.76. The monoisotopic (exact) mass is 337 g/mol. The van der Waals surface area contributed by atoms with E-state index in [-0.39, 0.29) is 11.4 Å². The molecule has 124 valence electrons. The van der Waals surface area contributed by atoms with Crippen LogP contribution in [-0.4, -0.2) is 22.7 Å². The molecule has 0 aliphatic heterocycles. The molecule has 0 saturated carbocycles. The number of hydrogen-bond donors (Lipinski definition) is 0. The van der Waals surface area contributed by atoms with Crippen LogP contribution in [-0.2, 0) is 0 Å². The molecule has 8 nitrogen and oxygen atoms in total. The van der Waals surface area contributed by atoms with Crippen molar-refractivity contribution >= 4 is 23.3 Å². The van der Waals surface area contributed by atoms with Gasteiger partial charge in [-0.3, -0.25) is 20.2 Å². The van der Waals surface area contributed by atoms with Crippen LogP contribution in [0.5, 0.6) is 5.75 Å². The van der Waals surface area contributed by atoms with Gasteiger partial charge in [-0.15, -0.1) is 0 Å². The van der Waals surface area contributed by atoms with Gasteiger partial charge in [0, 0.05) is 12.3 Å². The lowest BCUT2D eigenvalue weighted by Crippen LogP contribution is -2.01. The molecule has 0 heterocycles. The van der Waals surface area contributed by atoms with Crippen molar-refractivity contribution in [3.63, 3.8) is 0 Å². The molecule has 0 fully saturated rings. The number of halogens is 2. The first kappa shape index (κ1) is 16.9. The number of hydrogen-bond acceptors (Lipinski definition) is 6. The molecule has 0 amide bonds. The van der Waals surface area contributed by atoms with Crippen molar-refractivity contribution in [2.75, 3.05) is 0 Å². The van der Waals surface area contributed by atoms with E-state index in [1.165, 1.54) is 30.5 Å². The van der Waals surface area contributed by atoms with Crippen LogP contribution in [0.15, 0.2) is 47.5 Å². The highest BCUT2D eigenvalue weighted by Crippen LogP contribution is 2.31. The van der Waals surface area contributed by atoms with E-state index >= 15 is 0 Å². The van der Waals surface area contributed by atoms with Crippen molar-refractivity contribution in [3.05, 3.63) is 68.3 Å². The highest BCUT2D eigenvalue weighted by atomic mass is 19.3. The molecule has 0 aliphatic carbocycles. The van der Waals surface area contributed by atoms with Crippen LogP contribution in [0.3, 0.4) is 0 Å². The zero-order chi connectivity index (χ0) is 17.7. The van der Waals surface area contributed by atoms with Gasteiger partial charge >= 0.3 is 12.3 Å². The lowest BCUT2D eigenvalue weighted by molar-refractivity contribution is -0.393. The molecule has 0 aromatic heterocycles. The Labute approximate surface area is 133 Å². The molecular formula is C14H9F2N3O5. The summed E-state index contributed by atoms with van der Waals surface area (Å²) in [7, 11) is 0. The van der Waals surface area contributed by atoms with E-state index in [0.717, 1.165) is 18.2 Å². The molecule has 0 spiro atoms. The summed E-state index contributed by atoms with van der Waals surface area (Å²) in [4.78, 5) is 24.0. The summed E-state index contributed by atoms with van der Waals surface area (Å²) >= 11 is 0. The highest BCUT2D eigenvalue weighted by molar-refractivity contribution is 5.83. The molecule has 2 rings (SSSR count). The fourth-order valence-electron chi connectivity index (χ4n) is 1.76. The minimum atomic E-state index is -2.94. The number of alkyl halides is 2. The summed E-state index contributed by atoms with van der Waals surface area (Å²) in [6.07, 6.45) is 1.26. The van der Waals surface area contributed by atoms with Crippen LogP contribution in [0.2, 0.25) is 0 Å². The van der Waals surface area contributed by atoms with Crippen LogP contribution in [0, 0.1) is 20.2 Å². The van der Waals surface area contributed by atoms with Crippen molar-refractivity contribution in [2.45, 2.75) is 6.61 Å². The second kappa shape index (κ2) is 7.22. The normalized spacial score (nSPS) is 11.0. The maximum Gasteiger partial charge on any atom is 0.387 e. The summed E-state index contributed by atoms with van der Waals surface area (Å²) in [5.74, 6) is -0.0385. The second-order valence-electron chi connectivity index (χ2n) is 4.39. The molecule has 0 bridgehead atoms. The number of non-ortho nitro benzene ring substituents is 1. The van der Waals surface area contributed by atoms with Crippen LogP contribution in [0.4, 0.5) is 25.8 Å². The predicted octanol–water partition coefficient (Wildman–Crippen LogP) is 3.86.